The smallest absolute Gasteiger partial charge is 0.158 e. The van der Waals surface area contributed by atoms with Gasteiger partial charge < -0.3 is 9.47 Å². The molecular weight excluding hydrogens is 255 g/mol. The lowest BCUT2D eigenvalue weighted by molar-refractivity contribution is -0.136. The second-order valence-electron chi connectivity index (χ2n) is 3.64. The summed E-state index contributed by atoms with van der Waals surface area (Å²) in [4.78, 5) is 0.502. The van der Waals surface area contributed by atoms with Crippen molar-refractivity contribution in [2.75, 3.05) is 19.0 Å². The Balaban J connectivity index is 2.49. The van der Waals surface area contributed by atoms with Crippen molar-refractivity contribution < 1.29 is 18.1 Å². The van der Waals surface area contributed by atoms with Crippen molar-refractivity contribution in [1.82, 2.24) is 0 Å². The molecule has 0 fully saturated rings. The van der Waals surface area contributed by atoms with Crippen LogP contribution in [0, 0.1) is 5.82 Å². The van der Waals surface area contributed by atoms with Crippen LogP contribution in [-0.4, -0.2) is 29.5 Å². The lowest BCUT2D eigenvalue weighted by atomic mass is 10.4. The summed E-state index contributed by atoms with van der Waals surface area (Å²) in [5.41, 5.74) is 0. The van der Waals surface area contributed by atoms with Crippen molar-refractivity contribution in [2.45, 2.75) is 31.5 Å². The summed E-state index contributed by atoms with van der Waals surface area (Å²) in [6.45, 7) is 4.87. The Bertz CT molecular complexity index is 378. The summed E-state index contributed by atoms with van der Waals surface area (Å²) in [6.07, 6.45) is 0.197. The van der Waals surface area contributed by atoms with Crippen molar-refractivity contribution in [3.8, 4) is 0 Å². The summed E-state index contributed by atoms with van der Waals surface area (Å²) in [7, 11) is -1.22. The molecule has 0 aromatic heterocycles. The van der Waals surface area contributed by atoms with Crippen LogP contribution >= 0.6 is 0 Å². The minimum atomic E-state index is -1.22. The van der Waals surface area contributed by atoms with Crippen LogP contribution < -0.4 is 0 Å². The molecule has 0 aliphatic rings. The molecule has 0 aliphatic heterocycles. The zero-order valence-corrected chi connectivity index (χ0v) is 11.5. The summed E-state index contributed by atoms with van der Waals surface area (Å²) in [5, 5.41) is 0. The van der Waals surface area contributed by atoms with E-state index in [0.717, 1.165) is 0 Å². The third-order valence-corrected chi connectivity index (χ3v) is 3.69. The fourth-order valence-electron chi connectivity index (χ4n) is 1.52. The zero-order chi connectivity index (χ0) is 13.4. The Morgan fingerprint density at radius 3 is 2.50 bits per heavy atom. The fourth-order valence-corrected chi connectivity index (χ4v) is 2.63. The molecule has 1 rings (SSSR count). The normalized spacial score (nSPS) is 12.9. The molecule has 0 aliphatic carbocycles. The number of rotatable bonds is 8. The number of hydrogen-bond acceptors (Lipinski definition) is 3. The Kier molecular flexibility index (Phi) is 7.08. The van der Waals surface area contributed by atoms with Crippen LogP contribution in [0.1, 0.15) is 20.3 Å². The van der Waals surface area contributed by atoms with Gasteiger partial charge in [0.2, 0.25) is 0 Å². The van der Waals surface area contributed by atoms with Crippen LogP contribution in [0.2, 0.25) is 0 Å². The quantitative estimate of drug-likeness (QED) is 0.684. The van der Waals surface area contributed by atoms with Gasteiger partial charge in [0, 0.05) is 30.3 Å². The maximum Gasteiger partial charge on any atom is 0.158 e. The monoisotopic (exact) mass is 274 g/mol. The van der Waals surface area contributed by atoms with E-state index in [1.165, 1.54) is 12.1 Å². The van der Waals surface area contributed by atoms with Crippen molar-refractivity contribution >= 4 is 10.8 Å². The van der Waals surface area contributed by atoms with Gasteiger partial charge in [-0.15, -0.1) is 0 Å². The van der Waals surface area contributed by atoms with Crippen LogP contribution in [0.3, 0.4) is 0 Å². The first-order valence-electron chi connectivity index (χ1n) is 6.04. The Morgan fingerprint density at radius 1 is 1.28 bits per heavy atom. The van der Waals surface area contributed by atoms with Gasteiger partial charge in [-0.2, -0.15) is 0 Å². The highest BCUT2D eigenvalue weighted by Gasteiger charge is 2.11. The Labute approximate surface area is 110 Å². The molecule has 0 saturated heterocycles. The topological polar surface area (TPSA) is 35.5 Å². The zero-order valence-electron chi connectivity index (χ0n) is 10.7. The van der Waals surface area contributed by atoms with Crippen LogP contribution in [-0.2, 0) is 20.3 Å². The molecule has 3 nitrogen and oxygen atoms in total. The van der Waals surface area contributed by atoms with E-state index in [4.69, 9.17) is 9.47 Å². The van der Waals surface area contributed by atoms with Gasteiger partial charge in [-0.3, -0.25) is 4.21 Å². The molecule has 0 N–H and O–H groups in total. The van der Waals surface area contributed by atoms with Crippen molar-refractivity contribution in [1.29, 1.82) is 0 Å². The number of halogens is 1. The van der Waals surface area contributed by atoms with E-state index >= 15 is 0 Å². The van der Waals surface area contributed by atoms with E-state index in [1.807, 2.05) is 13.8 Å². The first-order valence-corrected chi connectivity index (χ1v) is 7.36. The number of hydrogen-bond donors (Lipinski definition) is 0. The van der Waals surface area contributed by atoms with E-state index in [2.05, 4.69) is 0 Å². The van der Waals surface area contributed by atoms with Gasteiger partial charge >= 0.3 is 0 Å². The summed E-state index contributed by atoms with van der Waals surface area (Å²) in [6, 6.07) is 5.86. The van der Waals surface area contributed by atoms with Crippen LogP contribution in [0.15, 0.2) is 29.2 Å². The molecule has 18 heavy (non-hydrogen) atoms. The molecule has 102 valence electrons. The van der Waals surface area contributed by atoms with E-state index in [0.29, 0.717) is 30.3 Å². The first kappa shape index (κ1) is 15.3. The van der Waals surface area contributed by atoms with Crippen molar-refractivity contribution in [2.24, 2.45) is 0 Å². The standard InChI is InChI=1S/C13H19FO3S/c1-3-16-13(17-4-2)8-9-18(15)12-7-5-6-11(14)10-12/h5-7,10,13H,3-4,8-9H2,1-2H3. The third-order valence-electron chi connectivity index (χ3n) is 2.30. The molecule has 0 saturated carbocycles. The average molecular weight is 274 g/mol. The van der Waals surface area contributed by atoms with Crippen molar-refractivity contribution in [3.05, 3.63) is 30.1 Å². The van der Waals surface area contributed by atoms with E-state index in [9.17, 15) is 8.60 Å². The summed E-state index contributed by atoms with van der Waals surface area (Å²) in [5.74, 6) is 0.0284. The predicted octanol–water partition coefficient (Wildman–Crippen LogP) is 2.72. The van der Waals surface area contributed by atoms with E-state index < -0.39 is 10.8 Å². The molecule has 1 aromatic carbocycles. The molecule has 0 radical (unpaired) electrons. The largest absolute Gasteiger partial charge is 0.353 e. The minimum Gasteiger partial charge on any atom is -0.353 e. The minimum absolute atomic E-state index is 0.336. The molecule has 1 aromatic rings. The second kappa shape index (κ2) is 8.34. The lowest BCUT2D eigenvalue weighted by Gasteiger charge is -2.16. The summed E-state index contributed by atoms with van der Waals surface area (Å²) < 4.78 is 35.7. The maximum absolute atomic E-state index is 13.0. The van der Waals surface area contributed by atoms with E-state index in [-0.39, 0.29) is 12.1 Å². The van der Waals surface area contributed by atoms with Gasteiger partial charge in [0.05, 0.1) is 10.8 Å². The highest BCUT2D eigenvalue weighted by atomic mass is 32.2. The highest BCUT2D eigenvalue weighted by Crippen LogP contribution is 2.11. The van der Waals surface area contributed by atoms with Crippen LogP contribution in [0.4, 0.5) is 4.39 Å². The molecule has 5 heteroatoms. The lowest BCUT2D eigenvalue weighted by Crippen LogP contribution is -2.20. The molecule has 0 bridgehead atoms. The van der Waals surface area contributed by atoms with Gasteiger partial charge in [0.15, 0.2) is 6.29 Å². The maximum atomic E-state index is 13.0. The fraction of sp³-hybridized carbons (Fsp3) is 0.538. The second-order valence-corrected chi connectivity index (χ2v) is 5.21. The van der Waals surface area contributed by atoms with Crippen LogP contribution in [0.5, 0.6) is 0 Å². The highest BCUT2D eigenvalue weighted by molar-refractivity contribution is 7.85. The molecule has 0 spiro atoms. The average Bonchev–Trinajstić information content (AvgIpc) is 2.36. The molecule has 1 atom stereocenters. The number of ether oxygens (including phenoxy) is 2. The van der Waals surface area contributed by atoms with Gasteiger partial charge in [0.25, 0.3) is 0 Å². The molecular formula is C13H19FO3S. The Morgan fingerprint density at radius 2 is 1.94 bits per heavy atom. The summed E-state index contributed by atoms with van der Waals surface area (Å²) >= 11 is 0. The molecule has 0 amide bonds. The third kappa shape index (κ3) is 5.25. The predicted molar refractivity (Wildman–Crippen MR) is 69.3 cm³/mol. The van der Waals surface area contributed by atoms with Gasteiger partial charge in [0.1, 0.15) is 5.82 Å². The molecule has 1 unspecified atom stereocenters. The van der Waals surface area contributed by atoms with Crippen LogP contribution in [0.25, 0.3) is 0 Å². The van der Waals surface area contributed by atoms with Crippen molar-refractivity contribution in [3.63, 3.8) is 0 Å². The number of benzene rings is 1. The molecule has 0 heterocycles. The van der Waals surface area contributed by atoms with E-state index in [1.54, 1.807) is 12.1 Å². The van der Waals surface area contributed by atoms with Gasteiger partial charge in [-0.25, -0.2) is 4.39 Å². The first-order chi connectivity index (χ1) is 8.67. The van der Waals surface area contributed by atoms with Gasteiger partial charge in [-0.05, 0) is 32.0 Å². The van der Waals surface area contributed by atoms with Gasteiger partial charge in [-0.1, -0.05) is 6.07 Å². The SMILES string of the molecule is CCOC(CCS(=O)c1cccc(F)c1)OCC. The Hall–Kier alpha value is -0.780.